The first-order valence-corrected chi connectivity index (χ1v) is 43.7. The van der Waals surface area contributed by atoms with Crippen LogP contribution in [0.5, 0.6) is 0 Å². The van der Waals surface area contributed by atoms with Crippen molar-refractivity contribution >= 4 is 85.0 Å². The average Bonchev–Trinajstić information content (AvgIpc) is 0.845. The Morgan fingerprint density at radius 2 is 0.962 bits per heavy atom. The van der Waals surface area contributed by atoms with Crippen LogP contribution in [0, 0.1) is 45.3 Å². The normalized spacial score (nSPS) is 36.4. The highest BCUT2D eigenvalue weighted by Gasteiger charge is 2.81. The molecular formula is C78H110Cl2O22Si2. The van der Waals surface area contributed by atoms with E-state index in [9.17, 15) is 64.2 Å². The number of carbonyl (C=O) groups is 8. The molecule has 12 rings (SSSR count). The topological polar surface area (TPSA) is 332 Å². The largest absolute Gasteiger partial charge is 0.455 e. The molecular weight excluding hydrogens is 1420 g/mol. The standard InChI is InChI=1S/C39H54O11Si.C29H36O10.C6H15ClSi.C4H5ClO/c1-9-51(10-2,11-3)50-27-19-28-38(21-46-28,49-23(5)40)31-33(48-35(44)24-15-13-12-14-16-24)39(45)20-26(41)22(4)29(36(39,6)7)30(32(42)37(27,31)8)47-34(43)25-17-18-25;1-14-17(31)12-29(36)24(38-25(35)16-9-7-6-8-10-16)22-27(5,23(34)21(33)20(14)26(29,3)4)18(32)11-19-28(22,13-37-19)39-15(2)30;1-4-8(7,5-2)6-3;5-4(6)3-1-2-3/h12-16,25-28,30-31,33,41,45H,9-11,17-21H2,1-8H3;6-10,17-19,21-22,24,31-33,36H,11-13H2,1-5H3;4-6H2,1-3H3;3H,1-2H2/t26-,27-,28+,30+,31?,33-,37+,38-,39+;17-,18-,19+,21+,22?,24-,27+,28-,29+;;/m00../s1. The fourth-order valence-electron chi connectivity index (χ4n) is 18.4. The third kappa shape index (κ3) is 14.3. The van der Waals surface area contributed by atoms with Crippen LogP contribution in [0.25, 0.3) is 0 Å². The summed E-state index contributed by atoms with van der Waals surface area (Å²) in [4.78, 5) is 107. The second kappa shape index (κ2) is 30.8. The summed E-state index contributed by atoms with van der Waals surface area (Å²) in [5, 5.41) is 71.7. The van der Waals surface area contributed by atoms with Gasteiger partial charge in [-0.1, -0.05) is 106 Å². The molecule has 10 aliphatic rings. The molecule has 6 saturated carbocycles. The first kappa shape index (κ1) is 83.0. The molecule has 2 aliphatic heterocycles. The van der Waals surface area contributed by atoms with E-state index in [0.29, 0.717) is 24.0 Å². The molecule has 8 aliphatic carbocycles. The highest BCUT2D eigenvalue weighted by molar-refractivity contribution is 7.20. The predicted octanol–water partition coefficient (Wildman–Crippen LogP) is 10.5. The fourth-order valence-corrected chi connectivity index (χ4v) is 23.1. The second-order valence-electron chi connectivity index (χ2n) is 32.2. The summed E-state index contributed by atoms with van der Waals surface area (Å²) in [5.74, 6) is -7.37. The minimum absolute atomic E-state index is 0.0828. The average molecular weight is 1530 g/mol. The minimum atomic E-state index is -2.48. The van der Waals surface area contributed by atoms with Crippen LogP contribution < -0.4 is 0 Å². The van der Waals surface area contributed by atoms with E-state index < -0.39 is 174 Å². The maximum absolute atomic E-state index is 15.9. The maximum atomic E-state index is 15.9. The minimum Gasteiger partial charge on any atom is -0.455 e. The lowest BCUT2D eigenvalue weighted by atomic mass is 9.44. The summed E-state index contributed by atoms with van der Waals surface area (Å²) in [6, 6.07) is 22.4. The van der Waals surface area contributed by atoms with Crippen LogP contribution in [0.15, 0.2) is 83.0 Å². The number of carbonyl (C=O) groups excluding carboxylic acids is 8. The lowest BCUT2D eigenvalue weighted by Crippen LogP contribution is -2.82. The highest BCUT2D eigenvalue weighted by atomic mass is 35.6. The maximum Gasteiger partial charge on any atom is 0.338 e. The Balaban J connectivity index is 0.000000207. The molecule has 2 saturated heterocycles. The molecule has 2 aromatic carbocycles. The van der Waals surface area contributed by atoms with E-state index in [1.807, 2.05) is 0 Å². The number of aliphatic hydroxyl groups is 6. The van der Waals surface area contributed by atoms with Gasteiger partial charge in [-0.25, -0.2) is 9.59 Å². The summed E-state index contributed by atoms with van der Waals surface area (Å²) in [6.45, 7) is 28.2. The molecule has 6 N–H and O–H groups in total. The van der Waals surface area contributed by atoms with E-state index in [2.05, 4.69) is 41.5 Å². The number of benzene rings is 2. The Bertz CT molecular complexity index is 3630. The number of halogens is 2. The Morgan fingerprint density at radius 3 is 1.32 bits per heavy atom. The van der Waals surface area contributed by atoms with Gasteiger partial charge in [0.25, 0.3) is 0 Å². The lowest BCUT2D eigenvalue weighted by Gasteiger charge is -2.68. The number of esters is 5. The number of hydrogen-bond donors (Lipinski definition) is 6. The number of fused-ring (bicyclic) bond motifs is 10. The molecule has 2 aromatic rings. The van der Waals surface area contributed by atoms with Crippen molar-refractivity contribution in [2.24, 2.45) is 45.3 Å². The Labute approximate surface area is 622 Å². The van der Waals surface area contributed by atoms with Crippen molar-refractivity contribution < 1.29 is 107 Å². The molecule has 4 bridgehead atoms. The van der Waals surface area contributed by atoms with Crippen LogP contribution in [0.2, 0.25) is 36.3 Å². The van der Waals surface area contributed by atoms with Gasteiger partial charge in [-0.05, 0) is 148 Å². The van der Waals surface area contributed by atoms with E-state index in [1.54, 1.807) is 97.0 Å². The zero-order chi connectivity index (χ0) is 77.2. The van der Waals surface area contributed by atoms with Crippen molar-refractivity contribution in [1.82, 2.24) is 0 Å². The lowest BCUT2D eigenvalue weighted by molar-refractivity contribution is -0.345. The second-order valence-corrected chi connectivity index (χ2v) is 44.1. The summed E-state index contributed by atoms with van der Waals surface area (Å²) in [7, 11) is -3.68. The third-order valence-electron chi connectivity index (χ3n) is 26.1. The first-order chi connectivity index (χ1) is 48.6. The summed E-state index contributed by atoms with van der Waals surface area (Å²) >= 11 is 11.3. The van der Waals surface area contributed by atoms with Crippen molar-refractivity contribution in [3.8, 4) is 0 Å². The Hall–Kier alpha value is -5.07. The molecule has 0 amide bonds. The van der Waals surface area contributed by atoms with Gasteiger partial charge in [-0.15, -0.1) is 0 Å². The van der Waals surface area contributed by atoms with Gasteiger partial charge in [0.1, 0.15) is 41.7 Å². The summed E-state index contributed by atoms with van der Waals surface area (Å²) < 4.78 is 50.1. The number of rotatable bonds is 17. The van der Waals surface area contributed by atoms with Gasteiger partial charge in [0.05, 0.1) is 77.3 Å². The molecule has 2 unspecified atom stereocenters. The molecule has 22 nitrogen and oxygen atoms in total. The van der Waals surface area contributed by atoms with E-state index >= 15 is 4.79 Å². The van der Waals surface area contributed by atoms with Gasteiger partial charge in [0, 0.05) is 56.3 Å². The van der Waals surface area contributed by atoms with Crippen LogP contribution in [0.3, 0.4) is 0 Å². The Morgan fingerprint density at radius 1 is 0.558 bits per heavy atom. The number of Topliss-reactive ketones (excluding diaryl/α,β-unsaturated/α-hetero) is 2. The Kier molecular flexibility index (Phi) is 24.6. The van der Waals surface area contributed by atoms with Crippen LogP contribution in [0.4, 0.5) is 0 Å². The van der Waals surface area contributed by atoms with Crippen molar-refractivity contribution in [3.05, 3.63) is 94.1 Å². The molecule has 2 heterocycles. The number of ether oxygens (including phenoxy) is 7. The van der Waals surface area contributed by atoms with Crippen LogP contribution >= 0.6 is 22.7 Å². The predicted molar refractivity (Wildman–Crippen MR) is 390 cm³/mol. The van der Waals surface area contributed by atoms with Crippen LogP contribution in [-0.4, -0.2) is 190 Å². The van der Waals surface area contributed by atoms with Gasteiger partial charge in [0.15, 0.2) is 44.6 Å². The molecule has 8 fully saturated rings. The number of ketones is 2. The van der Waals surface area contributed by atoms with Gasteiger partial charge >= 0.3 is 29.8 Å². The quantitative estimate of drug-likeness (QED) is 0.0214. The molecule has 104 heavy (non-hydrogen) atoms. The zero-order valence-corrected chi connectivity index (χ0v) is 66.7. The van der Waals surface area contributed by atoms with Crippen molar-refractivity contribution in [3.63, 3.8) is 0 Å². The van der Waals surface area contributed by atoms with Gasteiger partial charge < -0.3 is 68.2 Å². The summed E-state index contributed by atoms with van der Waals surface area (Å²) in [5.41, 5.74) is -12.0. The van der Waals surface area contributed by atoms with E-state index in [1.165, 1.54) is 51.0 Å². The SMILES string of the molecule is CC(=O)O[C@@]12CO[C@@H]1C[C@H](O)[C@@]1(C)C(=O)[C@H](O)C3=C(C)[C@@H](O)C[C@@](O)([C@@H](OC(=O)c4ccccc4)C12)C3(C)C.CC[Si](CC)(CC)O[C@H]1C[C@H]2OC[C@@]2(OC(C)=O)C2[C@H](OC(=O)c3ccccc3)[C@]3(O)C[C@H](O)C(C)=C([C@@H](OC(=O)C4CC4)C(=O)[C@@]21C)C3(C)C.CC[Si](Cl)(CC)CC.O=C(Cl)C1CC1. The van der Waals surface area contributed by atoms with Gasteiger partial charge in [-0.3, -0.25) is 28.8 Å². The smallest absolute Gasteiger partial charge is 0.338 e. The van der Waals surface area contributed by atoms with Crippen molar-refractivity contribution in [2.75, 3.05) is 13.2 Å². The number of hydrogen-bond acceptors (Lipinski definition) is 22. The number of aliphatic hydroxyl groups excluding tert-OH is 4. The third-order valence-corrected chi connectivity index (χ3v) is 37.3. The van der Waals surface area contributed by atoms with Gasteiger partial charge in [-0.2, -0.15) is 11.1 Å². The van der Waals surface area contributed by atoms with E-state index in [-0.39, 0.29) is 78.2 Å². The fraction of sp³-hybridized carbons (Fsp3) is 0.692. The molecule has 18 atom stereocenters. The van der Waals surface area contributed by atoms with E-state index in [0.717, 1.165) is 31.0 Å². The molecule has 576 valence electrons. The first-order valence-electron chi connectivity index (χ1n) is 37.2. The monoisotopic (exact) mass is 1520 g/mol. The van der Waals surface area contributed by atoms with Crippen LogP contribution in [0.1, 0.15) is 183 Å². The van der Waals surface area contributed by atoms with E-state index in [4.69, 9.17) is 60.3 Å². The van der Waals surface area contributed by atoms with Crippen molar-refractivity contribution in [1.29, 1.82) is 0 Å². The molecule has 0 radical (unpaired) electrons. The highest BCUT2D eigenvalue weighted by Crippen LogP contribution is 2.67. The van der Waals surface area contributed by atoms with Crippen molar-refractivity contribution in [2.45, 2.75) is 282 Å². The molecule has 0 aromatic heterocycles. The summed E-state index contributed by atoms with van der Waals surface area (Å²) in [6.07, 6.45) is -9.91. The van der Waals surface area contributed by atoms with Gasteiger partial charge in [0.2, 0.25) is 5.24 Å². The molecule has 26 heteroatoms. The van der Waals surface area contributed by atoms with Crippen LogP contribution in [-0.2, 0) is 66.4 Å². The zero-order valence-electron chi connectivity index (χ0n) is 63.1. The molecule has 0 spiro atoms.